The van der Waals surface area contributed by atoms with Gasteiger partial charge in [0.05, 0.1) is 13.2 Å². The predicted molar refractivity (Wildman–Crippen MR) is 52.5 cm³/mol. The maximum Gasteiger partial charge on any atom is 0.379 e. The number of carbonyl (C=O) groups is 1. The predicted octanol–water partition coefficient (Wildman–Crippen LogP) is 0.697. The second kappa shape index (κ2) is 4.83. The number of alkyl halides is 2. The van der Waals surface area contributed by atoms with E-state index in [-0.39, 0.29) is 13.2 Å². The number of ether oxygens (including phenoxy) is 3. The number of hydrogen-bond donors (Lipinski definition) is 1. The molecule has 1 fully saturated rings. The topological polar surface area (TPSA) is 65.0 Å². The highest BCUT2D eigenvalue weighted by Gasteiger charge is 2.54. The van der Waals surface area contributed by atoms with Crippen molar-refractivity contribution in [1.29, 1.82) is 0 Å². The van der Waals surface area contributed by atoms with Gasteiger partial charge in [-0.15, -0.1) is 0 Å². The largest absolute Gasteiger partial charge is 0.461 e. The Kier molecular flexibility index (Phi) is 4.06. The first-order valence-electron chi connectivity index (χ1n) is 5.25. The van der Waals surface area contributed by atoms with Crippen LogP contribution in [-0.4, -0.2) is 48.2 Å². The molecule has 0 aromatic heterocycles. The molecular weight excluding hydrogens is 238 g/mol. The highest BCUT2D eigenvalue weighted by Crippen LogP contribution is 2.31. The summed E-state index contributed by atoms with van der Waals surface area (Å²) in [6.07, 6.45) is -3.55. The zero-order valence-electron chi connectivity index (χ0n) is 9.91. The van der Waals surface area contributed by atoms with E-state index in [1.807, 2.05) is 0 Å². The van der Waals surface area contributed by atoms with Crippen molar-refractivity contribution in [3.8, 4) is 0 Å². The lowest BCUT2D eigenvalue weighted by molar-refractivity contribution is -0.210. The first kappa shape index (κ1) is 14.3. The number of aliphatic hydroxyl groups is 1. The van der Waals surface area contributed by atoms with Crippen LogP contribution in [0.2, 0.25) is 0 Å². The first-order chi connectivity index (χ1) is 7.70. The fourth-order valence-corrected chi connectivity index (χ4v) is 1.45. The Bertz CT molecular complexity index is 292. The SMILES string of the molecule is CCOC(=O)C(F)(F)[C@H](O)[C@@H]1COC(C)(C)O1. The fourth-order valence-electron chi connectivity index (χ4n) is 1.45. The zero-order valence-corrected chi connectivity index (χ0v) is 9.91. The van der Waals surface area contributed by atoms with Crippen LogP contribution in [0.3, 0.4) is 0 Å². The minimum absolute atomic E-state index is 0.186. The summed E-state index contributed by atoms with van der Waals surface area (Å²) in [5.74, 6) is -6.82. The van der Waals surface area contributed by atoms with Crippen molar-refractivity contribution >= 4 is 5.97 Å². The number of halogens is 2. The van der Waals surface area contributed by atoms with Gasteiger partial charge in [0.2, 0.25) is 0 Å². The van der Waals surface area contributed by atoms with Crippen LogP contribution in [-0.2, 0) is 19.0 Å². The number of esters is 1. The van der Waals surface area contributed by atoms with Gasteiger partial charge in [-0.25, -0.2) is 4.79 Å². The molecule has 1 N–H and O–H groups in total. The summed E-state index contributed by atoms with van der Waals surface area (Å²) < 4.78 is 41.2. The van der Waals surface area contributed by atoms with E-state index in [4.69, 9.17) is 9.47 Å². The molecular formula is C10H16F2O5. The Labute approximate surface area is 97.6 Å². The Balaban J connectivity index is 2.69. The molecule has 0 aromatic carbocycles. The summed E-state index contributed by atoms with van der Waals surface area (Å²) in [7, 11) is 0. The van der Waals surface area contributed by atoms with E-state index in [0.29, 0.717) is 0 Å². The molecule has 1 heterocycles. The van der Waals surface area contributed by atoms with Gasteiger partial charge in [-0.2, -0.15) is 8.78 Å². The highest BCUT2D eigenvalue weighted by molar-refractivity contribution is 5.78. The number of hydrogen-bond acceptors (Lipinski definition) is 5. The molecule has 17 heavy (non-hydrogen) atoms. The molecule has 0 unspecified atom stereocenters. The van der Waals surface area contributed by atoms with E-state index in [9.17, 15) is 18.7 Å². The molecule has 1 saturated heterocycles. The molecule has 2 atom stereocenters. The molecule has 0 amide bonds. The van der Waals surface area contributed by atoms with E-state index < -0.39 is 29.9 Å². The van der Waals surface area contributed by atoms with E-state index in [0.717, 1.165) is 0 Å². The smallest absolute Gasteiger partial charge is 0.379 e. The third-order valence-corrected chi connectivity index (χ3v) is 2.30. The molecule has 1 aliphatic rings. The van der Waals surface area contributed by atoms with Gasteiger partial charge in [0.15, 0.2) is 11.9 Å². The quantitative estimate of drug-likeness (QED) is 0.748. The number of aliphatic hydroxyl groups excluding tert-OH is 1. The van der Waals surface area contributed by atoms with Crippen LogP contribution in [0, 0.1) is 0 Å². The lowest BCUT2D eigenvalue weighted by atomic mass is 10.1. The normalized spacial score (nSPS) is 25.6. The molecule has 0 aromatic rings. The van der Waals surface area contributed by atoms with Crippen molar-refractivity contribution in [2.24, 2.45) is 0 Å². The molecule has 5 nitrogen and oxygen atoms in total. The molecule has 100 valence electrons. The van der Waals surface area contributed by atoms with Gasteiger partial charge in [-0.05, 0) is 20.8 Å². The highest BCUT2D eigenvalue weighted by atomic mass is 19.3. The van der Waals surface area contributed by atoms with Crippen molar-refractivity contribution in [2.75, 3.05) is 13.2 Å². The maximum absolute atomic E-state index is 13.4. The van der Waals surface area contributed by atoms with E-state index in [2.05, 4.69) is 4.74 Å². The van der Waals surface area contributed by atoms with Crippen molar-refractivity contribution in [2.45, 2.75) is 44.7 Å². The lowest BCUT2D eigenvalue weighted by Gasteiger charge is -2.25. The van der Waals surface area contributed by atoms with E-state index >= 15 is 0 Å². The van der Waals surface area contributed by atoms with Crippen LogP contribution in [0.1, 0.15) is 20.8 Å². The zero-order chi connectivity index (χ0) is 13.3. The fraction of sp³-hybridized carbons (Fsp3) is 0.900. The number of carbonyl (C=O) groups excluding carboxylic acids is 1. The van der Waals surface area contributed by atoms with Crippen molar-refractivity contribution in [1.82, 2.24) is 0 Å². The Morgan fingerprint density at radius 1 is 1.65 bits per heavy atom. The van der Waals surface area contributed by atoms with E-state index in [1.54, 1.807) is 0 Å². The standard InChI is InChI=1S/C10H16F2O5/c1-4-15-8(14)10(11,12)7(13)6-5-16-9(2,3)17-6/h6-7,13H,4-5H2,1-3H3/t6-,7+/m0/s1. The third-order valence-electron chi connectivity index (χ3n) is 2.30. The lowest BCUT2D eigenvalue weighted by Crippen LogP contribution is -2.50. The summed E-state index contributed by atoms with van der Waals surface area (Å²) in [5, 5.41) is 9.45. The average molecular weight is 254 g/mol. The summed E-state index contributed by atoms with van der Waals surface area (Å²) >= 11 is 0. The van der Waals surface area contributed by atoms with Crippen LogP contribution in [0.5, 0.6) is 0 Å². The van der Waals surface area contributed by atoms with Gasteiger partial charge < -0.3 is 19.3 Å². The molecule has 1 aliphatic heterocycles. The van der Waals surface area contributed by atoms with Crippen LogP contribution >= 0.6 is 0 Å². The monoisotopic (exact) mass is 254 g/mol. The van der Waals surface area contributed by atoms with Gasteiger partial charge in [-0.3, -0.25) is 0 Å². The van der Waals surface area contributed by atoms with Crippen LogP contribution in [0.15, 0.2) is 0 Å². The molecule has 0 radical (unpaired) electrons. The minimum atomic E-state index is -4.01. The van der Waals surface area contributed by atoms with Gasteiger partial charge in [0.25, 0.3) is 0 Å². The van der Waals surface area contributed by atoms with Crippen molar-refractivity contribution in [3.63, 3.8) is 0 Å². The van der Waals surface area contributed by atoms with Crippen molar-refractivity contribution < 1.29 is 32.9 Å². The Morgan fingerprint density at radius 2 is 2.24 bits per heavy atom. The first-order valence-corrected chi connectivity index (χ1v) is 5.25. The van der Waals surface area contributed by atoms with Crippen molar-refractivity contribution in [3.05, 3.63) is 0 Å². The Morgan fingerprint density at radius 3 is 2.65 bits per heavy atom. The van der Waals surface area contributed by atoms with Crippen LogP contribution in [0.25, 0.3) is 0 Å². The van der Waals surface area contributed by atoms with Crippen LogP contribution < -0.4 is 0 Å². The second-order valence-electron chi connectivity index (χ2n) is 4.16. The summed E-state index contributed by atoms with van der Waals surface area (Å²) in [5.41, 5.74) is 0. The molecule has 0 aliphatic carbocycles. The van der Waals surface area contributed by atoms with Gasteiger partial charge >= 0.3 is 11.9 Å². The summed E-state index contributed by atoms with van der Waals surface area (Å²) in [4.78, 5) is 11.0. The maximum atomic E-state index is 13.4. The second-order valence-corrected chi connectivity index (χ2v) is 4.16. The van der Waals surface area contributed by atoms with Gasteiger partial charge in [0, 0.05) is 0 Å². The van der Waals surface area contributed by atoms with E-state index in [1.165, 1.54) is 20.8 Å². The van der Waals surface area contributed by atoms with Gasteiger partial charge in [-0.1, -0.05) is 0 Å². The molecule has 0 spiro atoms. The summed E-state index contributed by atoms with van der Waals surface area (Å²) in [6.45, 7) is 4.07. The minimum Gasteiger partial charge on any atom is -0.461 e. The molecule has 0 bridgehead atoms. The van der Waals surface area contributed by atoms with Crippen LogP contribution in [0.4, 0.5) is 8.78 Å². The molecule has 1 rings (SSSR count). The summed E-state index contributed by atoms with van der Waals surface area (Å²) in [6, 6.07) is 0. The molecule has 7 heteroatoms. The molecule has 0 saturated carbocycles. The van der Waals surface area contributed by atoms with Gasteiger partial charge in [0.1, 0.15) is 6.10 Å². The Hall–Kier alpha value is -0.790. The third kappa shape index (κ3) is 3.11. The number of rotatable bonds is 4. The average Bonchev–Trinajstić information content (AvgIpc) is 2.58.